The van der Waals surface area contributed by atoms with E-state index in [0.29, 0.717) is 23.8 Å². The third kappa shape index (κ3) is 4.08. The van der Waals surface area contributed by atoms with Gasteiger partial charge in [-0.2, -0.15) is 4.91 Å². The summed E-state index contributed by atoms with van der Waals surface area (Å²) in [4.78, 5) is 10.5. The Labute approximate surface area is 108 Å². The molecule has 0 saturated carbocycles. The maximum absolute atomic E-state index is 10.5. The van der Waals surface area contributed by atoms with Gasteiger partial charge in [-0.15, -0.1) is 0 Å². The zero-order valence-corrected chi connectivity index (χ0v) is 12.6. The first kappa shape index (κ1) is 16.6. The van der Waals surface area contributed by atoms with Crippen LogP contribution in [0, 0.1) is 28.1 Å². The molecule has 4 atom stereocenters. The van der Waals surface area contributed by atoms with E-state index in [1.807, 2.05) is 0 Å². The summed E-state index contributed by atoms with van der Waals surface area (Å²) in [6.07, 6.45) is 4.86. The molecule has 0 aromatic heterocycles. The Hall–Kier alpha value is -0.400. The Morgan fingerprint density at radius 3 is 2.12 bits per heavy atom. The van der Waals surface area contributed by atoms with E-state index in [9.17, 15) is 4.91 Å². The molecular weight excluding hydrogens is 210 g/mol. The predicted octanol–water partition coefficient (Wildman–Crippen LogP) is 5.27. The highest BCUT2D eigenvalue weighted by Crippen LogP contribution is 2.46. The minimum atomic E-state index is 0.342. The van der Waals surface area contributed by atoms with Crippen molar-refractivity contribution in [1.82, 2.24) is 0 Å². The third-order valence-corrected chi connectivity index (χ3v) is 4.95. The van der Waals surface area contributed by atoms with E-state index in [4.69, 9.17) is 0 Å². The third-order valence-electron chi connectivity index (χ3n) is 4.95. The van der Waals surface area contributed by atoms with Gasteiger partial charge in [0.2, 0.25) is 0 Å². The Balaban J connectivity index is 4.93. The van der Waals surface area contributed by atoms with Crippen LogP contribution in [0.1, 0.15) is 67.2 Å². The molecule has 0 radical (unpaired) electrons. The van der Waals surface area contributed by atoms with Crippen molar-refractivity contribution in [2.24, 2.45) is 28.3 Å². The van der Waals surface area contributed by atoms with Gasteiger partial charge in [0.15, 0.2) is 0 Å². The average Bonchev–Trinajstić information content (AvgIpc) is 2.30. The van der Waals surface area contributed by atoms with Gasteiger partial charge in [-0.05, 0) is 23.2 Å². The second-order valence-electron chi connectivity index (χ2n) is 5.85. The second kappa shape index (κ2) is 7.84. The first-order chi connectivity index (χ1) is 7.97. The van der Waals surface area contributed by atoms with Crippen molar-refractivity contribution in [3.05, 3.63) is 4.91 Å². The molecule has 0 amide bonds. The lowest BCUT2D eigenvalue weighted by atomic mass is 9.61. The van der Waals surface area contributed by atoms with E-state index in [1.165, 1.54) is 19.3 Å². The van der Waals surface area contributed by atoms with Crippen LogP contribution in [0.4, 0.5) is 0 Å². The first-order valence-corrected chi connectivity index (χ1v) is 7.26. The first-order valence-electron chi connectivity index (χ1n) is 7.26. The summed E-state index contributed by atoms with van der Waals surface area (Å²) in [5, 5.41) is 3.11. The van der Waals surface area contributed by atoms with Crippen molar-refractivity contribution in [3.8, 4) is 0 Å². The molecule has 2 nitrogen and oxygen atoms in total. The van der Waals surface area contributed by atoms with Gasteiger partial charge in [0.05, 0.1) is 6.54 Å². The molecule has 0 saturated heterocycles. The molecule has 0 heterocycles. The Morgan fingerprint density at radius 2 is 1.76 bits per heavy atom. The van der Waals surface area contributed by atoms with Gasteiger partial charge in [-0.25, -0.2) is 0 Å². The van der Waals surface area contributed by atoms with Crippen LogP contribution in [0.2, 0.25) is 0 Å². The lowest BCUT2D eigenvalue weighted by molar-refractivity contribution is 0.0510. The molecule has 0 aliphatic rings. The molecule has 102 valence electrons. The van der Waals surface area contributed by atoms with Gasteiger partial charge < -0.3 is 0 Å². The number of hydrogen-bond acceptors (Lipinski definition) is 2. The summed E-state index contributed by atoms with van der Waals surface area (Å²) in [7, 11) is 0. The molecule has 0 fully saturated rings. The summed E-state index contributed by atoms with van der Waals surface area (Å²) in [5.41, 5.74) is 0.342. The minimum absolute atomic E-state index is 0.342. The summed E-state index contributed by atoms with van der Waals surface area (Å²) in [6, 6.07) is 0. The highest BCUT2D eigenvalue weighted by Gasteiger charge is 2.38. The molecule has 0 aliphatic carbocycles. The predicted molar refractivity (Wildman–Crippen MR) is 76.1 cm³/mol. The quantitative estimate of drug-likeness (QED) is 0.506. The fourth-order valence-electron chi connectivity index (χ4n) is 3.50. The zero-order chi connectivity index (χ0) is 13.5. The summed E-state index contributed by atoms with van der Waals surface area (Å²) < 4.78 is 0. The Kier molecular flexibility index (Phi) is 7.65. The van der Waals surface area contributed by atoms with E-state index >= 15 is 0 Å². The van der Waals surface area contributed by atoms with Crippen molar-refractivity contribution in [3.63, 3.8) is 0 Å². The molecular formula is C15H31NO. The molecule has 0 bridgehead atoms. The van der Waals surface area contributed by atoms with Crippen molar-refractivity contribution in [1.29, 1.82) is 0 Å². The molecule has 0 N–H and O–H groups in total. The number of rotatable bonds is 9. The van der Waals surface area contributed by atoms with Crippen molar-refractivity contribution in [2.45, 2.75) is 67.2 Å². The van der Waals surface area contributed by atoms with Gasteiger partial charge in [-0.3, -0.25) is 0 Å². The largest absolute Gasteiger partial charge is 0.151 e. The maximum atomic E-state index is 10.5. The van der Waals surface area contributed by atoms with E-state index in [0.717, 1.165) is 12.3 Å². The van der Waals surface area contributed by atoms with Crippen LogP contribution in [0.15, 0.2) is 5.18 Å². The lowest BCUT2D eigenvalue weighted by Crippen LogP contribution is -2.37. The van der Waals surface area contributed by atoms with Gasteiger partial charge in [0, 0.05) is 0 Å². The standard InChI is InChI=1S/C15H31NO/c1-7-10-13(5)15(6,9-3)14(8-2)12(4)11-16-17/h12-14H,7-11H2,1-6H3. The SMILES string of the molecule is CCCC(C)C(C)(CC)C(CC)C(C)CN=O. The summed E-state index contributed by atoms with van der Waals surface area (Å²) in [6.45, 7) is 14.2. The molecule has 0 spiro atoms. The van der Waals surface area contributed by atoms with Crippen LogP contribution >= 0.6 is 0 Å². The lowest BCUT2D eigenvalue weighted by Gasteiger charge is -2.44. The van der Waals surface area contributed by atoms with Gasteiger partial charge in [0.25, 0.3) is 0 Å². The van der Waals surface area contributed by atoms with Crippen LogP contribution < -0.4 is 0 Å². The van der Waals surface area contributed by atoms with Crippen LogP contribution in [0.25, 0.3) is 0 Å². The Bertz CT molecular complexity index is 217. The molecule has 0 aromatic carbocycles. The van der Waals surface area contributed by atoms with Gasteiger partial charge >= 0.3 is 0 Å². The summed E-state index contributed by atoms with van der Waals surface area (Å²) >= 11 is 0. The molecule has 17 heavy (non-hydrogen) atoms. The normalized spacial score (nSPS) is 20.4. The van der Waals surface area contributed by atoms with Gasteiger partial charge in [-0.1, -0.05) is 72.4 Å². The number of nitrogens with zero attached hydrogens (tertiary/aromatic N) is 1. The van der Waals surface area contributed by atoms with Crippen molar-refractivity contribution < 1.29 is 0 Å². The highest BCUT2D eigenvalue weighted by molar-refractivity contribution is 4.88. The molecule has 0 aromatic rings. The topological polar surface area (TPSA) is 29.4 Å². The summed E-state index contributed by atoms with van der Waals surface area (Å²) in [5.74, 6) is 1.73. The fraction of sp³-hybridized carbons (Fsp3) is 1.00. The van der Waals surface area contributed by atoms with Crippen LogP contribution in [0.5, 0.6) is 0 Å². The van der Waals surface area contributed by atoms with Crippen molar-refractivity contribution >= 4 is 0 Å². The smallest absolute Gasteiger partial charge is 0.0839 e. The van der Waals surface area contributed by atoms with E-state index in [2.05, 4.69) is 46.7 Å². The second-order valence-corrected chi connectivity index (χ2v) is 5.85. The molecule has 2 heteroatoms. The molecule has 0 aliphatic heterocycles. The zero-order valence-electron chi connectivity index (χ0n) is 12.6. The number of nitroso groups, excluding NO2 is 1. The fourth-order valence-corrected chi connectivity index (χ4v) is 3.50. The Morgan fingerprint density at radius 1 is 1.18 bits per heavy atom. The average molecular weight is 241 g/mol. The monoisotopic (exact) mass is 241 g/mol. The number of hydrogen-bond donors (Lipinski definition) is 0. The van der Waals surface area contributed by atoms with E-state index in [1.54, 1.807) is 0 Å². The highest BCUT2D eigenvalue weighted by atomic mass is 16.3. The van der Waals surface area contributed by atoms with Crippen LogP contribution in [-0.2, 0) is 0 Å². The van der Waals surface area contributed by atoms with Crippen LogP contribution in [-0.4, -0.2) is 6.54 Å². The van der Waals surface area contributed by atoms with Gasteiger partial charge in [0.1, 0.15) is 0 Å². The molecule has 0 rings (SSSR count). The van der Waals surface area contributed by atoms with E-state index in [-0.39, 0.29) is 0 Å². The van der Waals surface area contributed by atoms with E-state index < -0.39 is 0 Å². The van der Waals surface area contributed by atoms with Crippen LogP contribution in [0.3, 0.4) is 0 Å². The van der Waals surface area contributed by atoms with Crippen molar-refractivity contribution in [2.75, 3.05) is 6.54 Å². The minimum Gasteiger partial charge on any atom is -0.151 e. The maximum Gasteiger partial charge on any atom is 0.0839 e. The molecule has 4 unspecified atom stereocenters.